The summed E-state index contributed by atoms with van der Waals surface area (Å²) in [6.07, 6.45) is 0.872. The Labute approximate surface area is 189 Å². The number of aryl methyl sites for hydroxylation is 1. The molecule has 0 spiro atoms. The smallest absolute Gasteiger partial charge is 0.242 e. The fourth-order valence-corrected chi connectivity index (χ4v) is 3.72. The maximum absolute atomic E-state index is 13.3. The van der Waals surface area contributed by atoms with Gasteiger partial charge in [0.25, 0.3) is 0 Å². The van der Waals surface area contributed by atoms with Crippen LogP contribution in [0.25, 0.3) is 10.8 Å². The Bertz CT molecular complexity index is 1060. The van der Waals surface area contributed by atoms with Crippen LogP contribution in [-0.2, 0) is 22.6 Å². The average Bonchev–Trinajstić information content (AvgIpc) is 2.80. The third-order valence-corrected chi connectivity index (χ3v) is 5.61. The molecule has 0 aliphatic heterocycles. The largest absolute Gasteiger partial charge is 0.354 e. The predicted molar refractivity (Wildman–Crippen MR) is 127 cm³/mol. The van der Waals surface area contributed by atoms with Gasteiger partial charge in [0, 0.05) is 19.5 Å². The normalized spacial score (nSPS) is 12.0. The van der Waals surface area contributed by atoms with Crippen molar-refractivity contribution in [3.8, 4) is 0 Å². The fraction of sp³-hybridized carbons (Fsp3) is 0.333. The van der Waals surface area contributed by atoms with Crippen LogP contribution < -0.4 is 5.32 Å². The highest BCUT2D eigenvalue weighted by Crippen LogP contribution is 2.21. The second-order valence-corrected chi connectivity index (χ2v) is 8.60. The SMILES string of the molecule is CC(C)CNC(=O)[C@@H](C)N(Cc1ccc(F)cc1)C(=O)CCc1cccc2ccccc12. The van der Waals surface area contributed by atoms with Crippen molar-refractivity contribution in [3.63, 3.8) is 0 Å². The highest BCUT2D eigenvalue weighted by atomic mass is 19.1. The van der Waals surface area contributed by atoms with E-state index in [9.17, 15) is 14.0 Å². The molecule has 3 aromatic rings. The number of nitrogens with one attached hydrogen (secondary N) is 1. The zero-order chi connectivity index (χ0) is 23.1. The third kappa shape index (κ3) is 6.16. The first-order valence-electron chi connectivity index (χ1n) is 11.1. The summed E-state index contributed by atoms with van der Waals surface area (Å²) in [5.41, 5.74) is 1.89. The molecule has 0 radical (unpaired) electrons. The molecule has 0 saturated heterocycles. The molecular weight excluding hydrogens is 403 g/mol. The van der Waals surface area contributed by atoms with Crippen LogP contribution >= 0.6 is 0 Å². The minimum atomic E-state index is -0.626. The van der Waals surface area contributed by atoms with Crippen molar-refractivity contribution in [2.45, 2.75) is 46.2 Å². The van der Waals surface area contributed by atoms with Crippen molar-refractivity contribution in [2.75, 3.05) is 6.54 Å². The second kappa shape index (κ2) is 10.9. The number of nitrogens with zero attached hydrogens (tertiary/aromatic N) is 1. The molecule has 4 nitrogen and oxygen atoms in total. The second-order valence-electron chi connectivity index (χ2n) is 8.60. The van der Waals surface area contributed by atoms with E-state index in [1.165, 1.54) is 12.1 Å². The zero-order valence-electron chi connectivity index (χ0n) is 19.0. The Morgan fingerprint density at radius 3 is 2.34 bits per heavy atom. The summed E-state index contributed by atoms with van der Waals surface area (Å²) < 4.78 is 13.3. The summed E-state index contributed by atoms with van der Waals surface area (Å²) in [5.74, 6) is -0.294. The number of hydrogen-bond donors (Lipinski definition) is 1. The molecule has 0 bridgehead atoms. The highest BCUT2D eigenvalue weighted by Gasteiger charge is 2.26. The van der Waals surface area contributed by atoms with Crippen LogP contribution in [0, 0.1) is 11.7 Å². The standard InChI is InChI=1S/C27H31FN2O2/c1-19(2)17-29-27(32)20(3)30(18-21-11-14-24(28)15-12-21)26(31)16-13-23-9-6-8-22-7-4-5-10-25(22)23/h4-12,14-15,19-20H,13,16-18H2,1-3H3,(H,29,32)/t20-/m1/s1. The number of hydrogen-bond acceptors (Lipinski definition) is 2. The van der Waals surface area contributed by atoms with Crippen molar-refractivity contribution in [1.82, 2.24) is 10.2 Å². The van der Waals surface area contributed by atoms with Crippen LogP contribution in [0.4, 0.5) is 4.39 Å². The monoisotopic (exact) mass is 434 g/mol. The Kier molecular flexibility index (Phi) is 7.98. The molecule has 0 aromatic heterocycles. The molecule has 3 rings (SSSR count). The number of fused-ring (bicyclic) bond motifs is 1. The minimum absolute atomic E-state index is 0.102. The summed E-state index contributed by atoms with van der Waals surface area (Å²) >= 11 is 0. The van der Waals surface area contributed by atoms with Gasteiger partial charge in [-0.2, -0.15) is 0 Å². The van der Waals surface area contributed by atoms with Crippen LogP contribution in [0.3, 0.4) is 0 Å². The minimum Gasteiger partial charge on any atom is -0.354 e. The maximum Gasteiger partial charge on any atom is 0.242 e. The van der Waals surface area contributed by atoms with Crippen molar-refractivity contribution in [1.29, 1.82) is 0 Å². The number of benzene rings is 3. The van der Waals surface area contributed by atoms with E-state index in [0.717, 1.165) is 21.9 Å². The lowest BCUT2D eigenvalue weighted by Crippen LogP contribution is -2.48. The van der Waals surface area contributed by atoms with Gasteiger partial charge < -0.3 is 10.2 Å². The number of carbonyl (C=O) groups excluding carboxylic acids is 2. The number of carbonyl (C=O) groups is 2. The van der Waals surface area contributed by atoms with Crippen LogP contribution in [0.2, 0.25) is 0 Å². The Morgan fingerprint density at radius 2 is 1.62 bits per heavy atom. The Balaban J connectivity index is 1.76. The maximum atomic E-state index is 13.3. The van der Waals surface area contributed by atoms with E-state index in [2.05, 4.69) is 23.5 Å². The van der Waals surface area contributed by atoms with Gasteiger partial charge in [-0.1, -0.05) is 68.4 Å². The van der Waals surface area contributed by atoms with Gasteiger partial charge >= 0.3 is 0 Å². The molecule has 0 saturated carbocycles. The van der Waals surface area contributed by atoms with Crippen LogP contribution in [0.1, 0.15) is 38.3 Å². The molecule has 0 unspecified atom stereocenters. The molecule has 5 heteroatoms. The molecule has 1 N–H and O–H groups in total. The summed E-state index contributed by atoms with van der Waals surface area (Å²) in [7, 11) is 0. The summed E-state index contributed by atoms with van der Waals surface area (Å²) in [4.78, 5) is 27.6. The summed E-state index contributed by atoms with van der Waals surface area (Å²) in [6, 6.07) is 19.6. The molecule has 168 valence electrons. The van der Waals surface area contributed by atoms with Gasteiger partial charge in [-0.25, -0.2) is 4.39 Å². The quantitative estimate of drug-likeness (QED) is 0.509. The topological polar surface area (TPSA) is 49.4 Å². The van der Waals surface area contributed by atoms with E-state index in [4.69, 9.17) is 0 Å². The molecular formula is C27H31FN2O2. The molecule has 32 heavy (non-hydrogen) atoms. The predicted octanol–water partition coefficient (Wildman–Crippen LogP) is 5.10. The van der Waals surface area contributed by atoms with Gasteiger partial charge in [0.2, 0.25) is 11.8 Å². The van der Waals surface area contributed by atoms with Crippen LogP contribution in [-0.4, -0.2) is 29.3 Å². The van der Waals surface area contributed by atoms with Crippen molar-refractivity contribution < 1.29 is 14.0 Å². The highest BCUT2D eigenvalue weighted by molar-refractivity contribution is 5.88. The number of halogens is 1. The number of amides is 2. The van der Waals surface area contributed by atoms with Crippen molar-refractivity contribution in [3.05, 3.63) is 83.7 Å². The zero-order valence-corrected chi connectivity index (χ0v) is 19.0. The van der Waals surface area contributed by atoms with E-state index >= 15 is 0 Å². The molecule has 3 aromatic carbocycles. The lowest BCUT2D eigenvalue weighted by molar-refractivity contribution is -0.140. The lowest BCUT2D eigenvalue weighted by atomic mass is 10.0. The van der Waals surface area contributed by atoms with Crippen LogP contribution in [0.5, 0.6) is 0 Å². The molecule has 1 atom stereocenters. The summed E-state index contributed by atoms with van der Waals surface area (Å²) in [5, 5.41) is 5.19. The van der Waals surface area contributed by atoms with Gasteiger partial charge in [0.15, 0.2) is 0 Å². The molecule has 0 fully saturated rings. The van der Waals surface area contributed by atoms with E-state index < -0.39 is 6.04 Å². The molecule has 0 aliphatic rings. The first-order chi connectivity index (χ1) is 15.3. The molecule has 0 aliphatic carbocycles. The third-order valence-electron chi connectivity index (χ3n) is 5.61. The summed E-state index contributed by atoms with van der Waals surface area (Å²) in [6.45, 7) is 6.60. The number of rotatable bonds is 9. The van der Waals surface area contributed by atoms with E-state index in [1.54, 1.807) is 24.0 Å². The first-order valence-corrected chi connectivity index (χ1v) is 11.1. The Hall–Kier alpha value is -3.21. The molecule has 0 heterocycles. The Morgan fingerprint density at radius 1 is 0.938 bits per heavy atom. The van der Waals surface area contributed by atoms with E-state index in [-0.39, 0.29) is 30.6 Å². The van der Waals surface area contributed by atoms with Gasteiger partial charge in [-0.3, -0.25) is 9.59 Å². The lowest BCUT2D eigenvalue weighted by Gasteiger charge is -2.29. The van der Waals surface area contributed by atoms with Crippen LogP contribution in [0.15, 0.2) is 66.7 Å². The molecule has 2 amide bonds. The first kappa shape index (κ1) is 23.5. The van der Waals surface area contributed by atoms with E-state index in [1.807, 2.05) is 38.1 Å². The fourth-order valence-electron chi connectivity index (χ4n) is 3.72. The van der Waals surface area contributed by atoms with Gasteiger partial charge in [0.1, 0.15) is 11.9 Å². The average molecular weight is 435 g/mol. The van der Waals surface area contributed by atoms with Crippen molar-refractivity contribution in [2.24, 2.45) is 5.92 Å². The van der Waals surface area contributed by atoms with E-state index in [0.29, 0.717) is 18.9 Å². The van der Waals surface area contributed by atoms with Gasteiger partial charge in [0.05, 0.1) is 0 Å². The van der Waals surface area contributed by atoms with Crippen molar-refractivity contribution >= 4 is 22.6 Å². The van der Waals surface area contributed by atoms with Gasteiger partial charge in [-0.15, -0.1) is 0 Å². The van der Waals surface area contributed by atoms with Gasteiger partial charge in [-0.05, 0) is 53.3 Å².